The van der Waals surface area contributed by atoms with Crippen LogP contribution in [0.3, 0.4) is 0 Å². The molecule has 0 saturated heterocycles. The fourth-order valence-electron chi connectivity index (χ4n) is 3.16. The van der Waals surface area contributed by atoms with Crippen molar-refractivity contribution in [2.45, 2.75) is 39.0 Å². The molecule has 1 atom stereocenters. The maximum atomic E-state index is 12.2. The van der Waals surface area contributed by atoms with E-state index in [1.165, 1.54) is 19.3 Å². The Kier molecular flexibility index (Phi) is 3.57. The second-order valence-electron chi connectivity index (χ2n) is 5.96. The van der Waals surface area contributed by atoms with Gasteiger partial charge in [-0.2, -0.15) is 4.57 Å². The number of unbranched alkanes of at least 4 members (excludes halogenated alkanes) is 3. The van der Waals surface area contributed by atoms with Crippen molar-refractivity contribution in [2.24, 2.45) is 0 Å². The average Bonchev–Trinajstić information content (AvgIpc) is 3.07. The molecule has 0 N–H and O–H groups in total. The van der Waals surface area contributed by atoms with Crippen molar-refractivity contribution in [1.29, 1.82) is 0 Å². The molecule has 4 rings (SSSR count). The molecule has 120 valence electrons. The van der Waals surface area contributed by atoms with E-state index >= 15 is 0 Å². The monoisotopic (exact) mass is 330 g/mol. The lowest BCUT2D eigenvalue weighted by molar-refractivity contribution is 0.353. The number of benzene rings is 2. The summed E-state index contributed by atoms with van der Waals surface area (Å²) in [6.07, 6.45) is 5.56. The second-order valence-corrected chi connectivity index (χ2v) is 7.40. The number of fused-ring (bicyclic) bond motifs is 1. The van der Waals surface area contributed by atoms with Gasteiger partial charge in [0.1, 0.15) is 0 Å². The molecule has 2 bridgehead atoms. The third-order valence-corrected chi connectivity index (χ3v) is 5.52. The first kappa shape index (κ1) is 14.6. The minimum Gasteiger partial charge on any atom is -0.382 e. The lowest BCUT2D eigenvalue weighted by Gasteiger charge is -2.17. The number of hydrogen-bond acceptors (Lipinski definition) is 4. The van der Waals surface area contributed by atoms with Crippen LogP contribution in [-0.2, 0) is 11.0 Å². The Morgan fingerprint density at radius 1 is 0.957 bits per heavy atom. The van der Waals surface area contributed by atoms with Gasteiger partial charge in [0.05, 0.1) is 0 Å². The highest BCUT2D eigenvalue weighted by Crippen LogP contribution is 2.70. The summed E-state index contributed by atoms with van der Waals surface area (Å²) < 4.78 is 28.5. The van der Waals surface area contributed by atoms with E-state index in [-0.39, 0.29) is 0 Å². The maximum Gasteiger partial charge on any atom is 0.647 e. The van der Waals surface area contributed by atoms with Crippen molar-refractivity contribution < 1.29 is 18.1 Å². The number of phosphoric ester groups is 1. The third-order valence-electron chi connectivity index (χ3n) is 4.29. The highest BCUT2D eigenvalue weighted by Gasteiger charge is 2.51. The highest BCUT2D eigenvalue weighted by atomic mass is 31.2. The first-order valence-electron chi connectivity index (χ1n) is 8.14. The van der Waals surface area contributed by atoms with E-state index in [4.69, 9.17) is 13.6 Å². The van der Waals surface area contributed by atoms with Gasteiger partial charge in [-0.1, -0.05) is 56.5 Å². The van der Waals surface area contributed by atoms with E-state index in [1.54, 1.807) is 0 Å². The van der Waals surface area contributed by atoms with Crippen molar-refractivity contribution >= 4 is 7.82 Å². The Morgan fingerprint density at radius 2 is 1.74 bits per heavy atom. The molecule has 0 radical (unpaired) electrons. The van der Waals surface area contributed by atoms with Crippen molar-refractivity contribution in [3.63, 3.8) is 0 Å². The summed E-state index contributed by atoms with van der Waals surface area (Å²) in [5, 5.41) is 0. The van der Waals surface area contributed by atoms with Gasteiger partial charge in [-0.05, 0) is 30.0 Å². The van der Waals surface area contributed by atoms with Crippen LogP contribution in [0.25, 0.3) is 11.1 Å². The van der Waals surface area contributed by atoms with Crippen molar-refractivity contribution in [3.8, 4) is 28.4 Å². The summed E-state index contributed by atoms with van der Waals surface area (Å²) in [6.45, 7) is 2.20. The molecule has 0 saturated carbocycles. The molecule has 23 heavy (non-hydrogen) atoms. The molecular formula is C18H19O4P. The zero-order chi connectivity index (χ0) is 15.9. The predicted molar refractivity (Wildman–Crippen MR) is 89.2 cm³/mol. The van der Waals surface area contributed by atoms with E-state index in [0.717, 1.165) is 29.5 Å². The van der Waals surface area contributed by atoms with Crippen LogP contribution in [0.1, 0.15) is 38.2 Å². The zero-order valence-electron chi connectivity index (χ0n) is 13.1. The lowest BCUT2D eigenvalue weighted by atomic mass is 9.94. The molecule has 2 aromatic rings. The van der Waals surface area contributed by atoms with Crippen molar-refractivity contribution in [1.82, 2.24) is 0 Å². The molecule has 4 nitrogen and oxygen atoms in total. The quantitative estimate of drug-likeness (QED) is 0.500. The minimum absolute atomic E-state index is 0.513. The van der Waals surface area contributed by atoms with Gasteiger partial charge in [0.2, 0.25) is 5.75 Å². The first-order valence-corrected chi connectivity index (χ1v) is 9.60. The molecule has 2 aliphatic rings. The van der Waals surface area contributed by atoms with E-state index in [1.807, 2.05) is 24.3 Å². The van der Waals surface area contributed by atoms with Gasteiger partial charge in [0.15, 0.2) is 11.5 Å². The summed E-state index contributed by atoms with van der Waals surface area (Å²) >= 11 is 0. The fourth-order valence-corrected chi connectivity index (χ4v) is 4.46. The molecule has 1 unspecified atom stereocenters. The van der Waals surface area contributed by atoms with Gasteiger partial charge >= 0.3 is 7.82 Å². The molecule has 5 heteroatoms. The summed E-state index contributed by atoms with van der Waals surface area (Å²) in [4.78, 5) is 0. The zero-order valence-corrected chi connectivity index (χ0v) is 14.0. The minimum atomic E-state index is -3.43. The summed E-state index contributed by atoms with van der Waals surface area (Å²) in [6, 6.07) is 12.1. The number of phosphoric acid groups is 1. The molecule has 0 spiro atoms. The molecule has 2 aliphatic heterocycles. The summed E-state index contributed by atoms with van der Waals surface area (Å²) in [7, 11) is -3.43. The highest BCUT2D eigenvalue weighted by molar-refractivity contribution is 7.50. The van der Waals surface area contributed by atoms with Crippen molar-refractivity contribution in [3.05, 3.63) is 42.0 Å². The van der Waals surface area contributed by atoms with Crippen LogP contribution in [0.15, 0.2) is 36.4 Å². The fraction of sp³-hybridized carbons (Fsp3) is 0.333. The first-order chi connectivity index (χ1) is 11.2. The van der Waals surface area contributed by atoms with Gasteiger partial charge in [-0.15, -0.1) is 0 Å². The summed E-state index contributed by atoms with van der Waals surface area (Å²) in [5.74, 6) is 1.66. The maximum absolute atomic E-state index is 12.2. The molecule has 0 aromatic heterocycles. The van der Waals surface area contributed by atoms with Crippen LogP contribution in [0.2, 0.25) is 0 Å². The van der Waals surface area contributed by atoms with E-state index in [9.17, 15) is 4.57 Å². The van der Waals surface area contributed by atoms with Gasteiger partial charge in [0, 0.05) is 5.56 Å². The van der Waals surface area contributed by atoms with Crippen LogP contribution in [0, 0.1) is 0 Å². The predicted octanol–water partition coefficient (Wildman–Crippen LogP) is 5.75. The third kappa shape index (κ3) is 2.51. The Morgan fingerprint density at radius 3 is 2.48 bits per heavy atom. The molecule has 0 aliphatic carbocycles. The Hall–Kier alpha value is -1.93. The molecule has 0 fully saturated rings. The number of hydrogen-bond donors (Lipinski definition) is 0. The Bertz CT molecular complexity index is 785. The van der Waals surface area contributed by atoms with Gasteiger partial charge in [-0.25, -0.2) is 0 Å². The molecular weight excluding hydrogens is 311 g/mol. The Balaban J connectivity index is 1.76. The van der Waals surface area contributed by atoms with Crippen molar-refractivity contribution in [2.75, 3.05) is 0 Å². The SMILES string of the molecule is CCCCCCc1c(-c2ccccc2)cc2c3c1OP(=O)(O2)O3. The molecule has 2 aromatic carbocycles. The van der Waals surface area contributed by atoms with Crippen LogP contribution in [0.5, 0.6) is 17.2 Å². The van der Waals surface area contributed by atoms with Gasteiger partial charge in [-0.3, -0.25) is 0 Å². The molecule has 0 amide bonds. The van der Waals surface area contributed by atoms with E-state index < -0.39 is 7.82 Å². The standard InChI is InChI=1S/C18H19O4P/c1-2-3-4-8-11-14-15(13-9-6-5-7-10-13)12-16-18-17(14)21-23(19,20-16)22-18/h5-7,9-10,12H,2-4,8,11H2,1H3. The smallest absolute Gasteiger partial charge is 0.382 e. The van der Waals surface area contributed by atoms with E-state index in [2.05, 4.69) is 19.1 Å². The topological polar surface area (TPSA) is 44.8 Å². The normalized spacial score (nSPS) is 20.0. The average molecular weight is 330 g/mol. The lowest BCUT2D eigenvalue weighted by Crippen LogP contribution is -2.02. The van der Waals surface area contributed by atoms with Gasteiger partial charge < -0.3 is 13.6 Å². The summed E-state index contributed by atoms with van der Waals surface area (Å²) in [5.41, 5.74) is 3.26. The second kappa shape index (κ2) is 5.61. The van der Waals surface area contributed by atoms with E-state index in [0.29, 0.717) is 17.2 Å². The van der Waals surface area contributed by atoms with Crippen LogP contribution >= 0.6 is 7.82 Å². The largest absolute Gasteiger partial charge is 0.647 e. The van der Waals surface area contributed by atoms with Crippen LogP contribution in [-0.4, -0.2) is 0 Å². The Labute approximate surface area is 136 Å². The van der Waals surface area contributed by atoms with Gasteiger partial charge in [0.25, 0.3) is 0 Å². The van der Waals surface area contributed by atoms with Crippen LogP contribution < -0.4 is 13.6 Å². The number of rotatable bonds is 6. The van der Waals surface area contributed by atoms with Crippen LogP contribution in [0.4, 0.5) is 0 Å². The molecule has 2 heterocycles.